The number of unbranched alkanes of at least 4 members (excludes halogenated alkanes) is 3. The van der Waals surface area contributed by atoms with Crippen molar-refractivity contribution < 1.29 is 4.21 Å². The predicted molar refractivity (Wildman–Crippen MR) is 80.5 cm³/mol. The van der Waals surface area contributed by atoms with Crippen LogP contribution in [-0.4, -0.2) is 20.4 Å². The molecule has 0 aliphatic carbocycles. The summed E-state index contributed by atoms with van der Waals surface area (Å²) < 4.78 is 14.3. The van der Waals surface area contributed by atoms with E-state index in [0.717, 1.165) is 40.3 Å². The van der Waals surface area contributed by atoms with E-state index in [1.54, 1.807) is 0 Å². The Morgan fingerprint density at radius 1 is 1.28 bits per heavy atom. The second kappa shape index (κ2) is 7.04. The molecule has 0 bridgehead atoms. The standard InChI is InChI=1S/C13H17BrClNOS/c14-7-3-1-2-4-8-16-10-11-9-12(15)5-6-13(11)18(16)17/h5-6,9H,1-4,7-8,10H2. The van der Waals surface area contributed by atoms with Crippen molar-refractivity contribution in [3.05, 3.63) is 28.8 Å². The first kappa shape index (κ1) is 14.5. The van der Waals surface area contributed by atoms with Gasteiger partial charge in [0.05, 0.1) is 4.90 Å². The van der Waals surface area contributed by atoms with Crippen LogP contribution in [0.4, 0.5) is 0 Å². The normalized spacial score (nSPS) is 19.1. The van der Waals surface area contributed by atoms with Crippen molar-refractivity contribution in [1.29, 1.82) is 0 Å². The monoisotopic (exact) mass is 349 g/mol. The molecular weight excluding hydrogens is 334 g/mol. The molecule has 1 aromatic rings. The number of hydrogen-bond donors (Lipinski definition) is 0. The van der Waals surface area contributed by atoms with Crippen LogP contribution in [0.5, 0.6) is 0 Å². The van der Waals surface area contributed by atoms with Gasteiger partial charge in [0.2, 0.25) is 0 Å². The van der Waals surface area contributed by atoms with Gasteiger partial charge in [0.1, 0.15) is 11.0 Å². The van der Waals surface area contributed by atoms with E-state index in [9.17, 15) is 4.21 Å². The Morgan fingerprint density at radius 2 is 2.06 bits per heavy atom. The lowest BCUT2D eigenvalue weighted by Gasteiger charge is -2.12. The maximum Gasteiger partial charge on any atom is 0.128 e. The highest BCUT2D eigenvalue weighted by molar-refractivity contribution is 9.09. The van der Waals surface area contributed by atoms with Crippen molar-refractivity contribution >= 4 is 38.5 Å². The Hall–Kier alpha value is 0.1000. The van der Waals surface area contributed by atoms with Gasteiger partial charge in [-0.2, -0.15) is 0 Å². The molecule has 1 atom stereocenters. The quantitative estimate of drug-likeness (QED) is 0.558. The molecule has 18 heavy (non-hydrogen) atoms. The van der Waals surface area contributed by atoms with Gasteiger partial charge in [-0.05, 0) is 36.6 Å². The summed E-state index contributed by atoms with van der Waals surface area (Å²) in [5.41, 5.74) is 1.11. The number of halogens is 2. The average molecular weight is 351 g/mol. The van der Waals surface area contributed by atoms with Gasteiger partial charge in [0.25, 0.3) is 0 Å². The zero-order valence-corrected chi connectivity index (χ0v) is 13.4. The zero-order valence-electron chi connectivity index (χ0n) is 10.2. The van der Waals surface area contributed by atoms with Crippen molar-refractivity contribution in [2.24, 2.45) is 0 Å². The van der Waals surface area contributed by atoms with Gasteiger partial charge >= 0.3 is 0 Å². The fourth-order valence-corrected chi connectivity index (χ4v) is 4.08. The van der Waals surface area contributed by atoms with Gasteiger partial charge in [-0.3, -0.25) is 0 Å². The van der Waals surface area contributed by atoms with Gasteiger partial charge in [-0.25, -0.2) is 8.51 Å². The minimum absolute atomic E-state index is 0.727. The van der Waals surface area contributed by atoms with E-state index >= 15 is 0 Å². The van der Waals surface area contributed by atoms with Crippen molar-refractivity contribution in [1.82, 2.24) is 4.31 Å². The highest BCUT2D eigenvalue weighted by Crippen LogP contribution is 2.29. The molecule has 5 heteroatoms. The van der Waals surface area contributed by atoms with Crippen LogP contribution < -0.4 is 0 Å². The molecule has 1 heterocycles. The summed E-state index contributed by atoms with van der Waals surface area (Å²) in [5, 5.41) is 1.80. The van der Waals surface area contributed by atoms with Crippen LogP contribution in [-0.2, 0) is 17.5 Å². The van der Waals surface area contributed by atoms with Gasteiger partial charge < -0.3 is 0 Å². The maximum absolute atomic E-state index is 12.2. The summed E-state index contributed by atoms with van der Waals surface area (Å²) in [5.74, 6) is 0. The Labute approximate surface area is 124 Å². The molecule has 0 amide bonds. The van der Waals surface area contributed by atoms with Crippen molar-refractivity contribution in [3.63, 3.8) is 0 Å². The Bertz CT molecular complexity index is 441. The third-order valence-electron chi connectivity index (χ3n) is 3.08. The van der Waals surface area contributed by atoms with E-state index in [1.807, 2.05) is 22.5 Å². The molecule has 0 saturated heterocycles. The minimum atomic E-state index is -0.986. The molecule has 2 nitrogen and oxygen atoms in total. The zero-order chi connectivity index (χ0) is 13.0. The fraction of sp³-hybridized carbons (Fsp3) is 0.538. The highest BCUT2D eigenvalue weighted by Gasteiger charge is 2.26. The van der Waals surface area contributed by atoms with Crippen LogP contribution in [0.2, 0.25) is 5.02 Å². The molecule has 1 aliphatic rings. The van der Waals surface area contributed by atoms with Gasteiger partial charge in [-0.1, -0.05) is 40.4 Å². The van der Waals surface area contributed by atoms with Gasteiger partial charge in [0.15, 0.2) is 0 Å². The van der Waals surface area contributed by atoms with Crippen LogP contribution in [0, 0.1) is 0 Å². The lowest BCUT2D eigenvalue weighted by Crippen LogP contribution is -2.20. The van der Waals surface area contributed by atoms with Gasteiger partial charge in [-0.15, -0.1) is 0 Å². The smallest absolute Gasteiger partial charge is 0.128 e. The second-order valence-corrected chi connectivity index (χ2v) is 7.15. The third kappa shape index (κ3) is 3.56. The summed E-state index contributed by atoms with van der Waals surface area (Å²) in [6, 6.07) is 5.63. The van der Waals surface area contributed by atoms with Crippen LogP contribution in [0.1, 0.15) is 31.2 Å². The summed E-state index contributed by atoms with van der Waals surface area (Å²) in [6.07, 6.45) is 4.78. The highest BCUT2D eigenvalue weighted by atomic mass is 79.9. The number of nitrogens with zero attached hydrogens (tertiary/aromatic N) is 1. The van der Waals surface area contributed by atoms with Crippen LogP contribution in [0.25, 0.3) is 0 Å². The molecular formula is C13H17BrClNOS. The topological polar surface area (TPSA) is 20.3 Å². The maximum atomic E-state index is 12.2. The summed E-state index contributed by atoms with van der Waals surface area (Å²) in [7, 11) is -0.986. The van der Waals surface area contributed by atoms with Crippen molar-refractivity contribution in [2.75, 3.05) is 11.9 Å². The summed E-state index contributed by atoms with van der Waals surface area (Å²) in [4.78, 5) is 0.930. The molecule has 0 radical (unpaired) electrons. The molecule has 1 unspecified atom stereocenters. The molecule has 1 aromatic carbocycles. The Morgan fingerprint density at radius 3 is 2.83 bits per heavy atom. The van der Waals surface area contributed by atoms with E-state index in [4.69, 9.17) is 11.6 Å². The van der Waals surface area contributed by atoms with Crippen molar-refractivity contribution in [2.45, 2.75) is 37.1 Å². The number of fused-ring (bicyclic) bond motifs is 1. The molecule has 0 saturated carbocycles. The van der Waals surface area contributed by atoms with Crippen LogP contribution in [0.3, 0.4) is 0 Å². The summed E-state index contributed by atoms with van der Waals surface area (Å²) in [6.45, 7) is 1.67. The fourth-order valence-electron chi connectivity index (χ4n) is 2.13. The first-order valence-electron chi connectivity index (χ1n) is 6.23. The number of hydrogen-bond acceptors (Lipinski definition) is 1. The predicted octanol–water partition coefficient (Wildman–Crippen LogP) is 4.13. The first-order valence-corrected chi connectivity index (χ1v) is 8.84. The van der Waals surface area contributed by atoms with Crippen LogP contribution >= 0.6 is 27.5 Å². The van der Waals surface area contributed by atoms with Crippen molar-refractivity contribution in [3.8, 4) is 0 Å². The lowest BCUT2D eigenvalue weighted by molar-refractivity contribution is 0.435. The van der Waals surface area contributed by atoms with E-state index < -0.39 is 11.0 Å². The molecule has 0 N–H and O–H groups in total. The molecule has 0 fully saturated rings. The largest absolute Gasteiger partial charge is 0.237 e. The minimum Gasteiger partial charge on any atom is -0.237 e. The van der Waals surface area contributed by atoms with E-state index in [2.05, 4.69) is 15.9 Å². The van der Waals surface area contributed by atoms with E-state index in [0.29, 0.717) is 0 Å². The molecule has 0 spiro atoms. The Kier molecular flexibility index (Phi) is 5.67. The second-order valence-electron chi connectivity index (χ2n) is 4.47. The molecule has 1 aliphatic heterocycles. The third-order valence-corrected chi connectivity index (χ3v) is 5.43. The molecule has 2 rings (SSSR count). The average Bonchev–Trinajstić information content (AvgIpc) is 2.65. The summed E-state index contributed by atoms with van der Waals surface area (Å²) >= 11 is 9.39. The first-order chi connectivity index (χ1) is 8.72. The molecule has 100 valence electrons. The van der Waals surface area contributed by atoms with E-state index in [1.165, 1.54) is 19.3 Å². The number of rotatable bonds is 6. The number of alkyl halides is 1. The SMILES string of the molecule is O=S1c2ccc(Cl)cc2CN1CCCCCCBr. The molecule has 0 aromatic heterocycles. The number of benzene rings is 1. The van der Waals surface area contributed by atoms with Crippen LogP contribution in [0.15, 0.2) is 23.1 Å². The van der Waals surface area contributed by atoms with Gasteiger partial charge in [0, 0.05) is 23.4 Å². The lowest BCUT2D eigenvalue weighted by atomic mass is 10.2. The van der Waals surface area contributed by atoms with E-state index in [-0.39, 0.29) is 0 Å². The Balaban J connectivity index is 1.85.